The summed E-state index contributed by atoms with van der Waals surface area (Å²) in [6, 6.07) is 0.0402. The Labute approximate surface area is 122 Å². The van der Waals surface area contributed by atoms with E-state index in [1.807, 2.05) is 24.5 Å². The lowest BCUT2D eigenvalue weighted by Crippen LogP contribution is -2.14. The number of aryl methyl sites for hydroxylation is 1. The van der Waals surface area contributed by atoms with E-state index in [0.717, 1.165) is 16.7 Å². The first-order valence-electron chi connectivity index (χ1n) is 6.42. The Morgan fingerprint density at radius 3 is 3.00 bits per heavy atom. The van der Waals surface area contributed by atoms with Crippen molar-refractivity contribution in [2.75, 3.05) is 17.8 Å². The van der Waals surface area contributed by atoms with Crippen LogP contribution in [0, 0.1) is 0 Å². The van der Waals surface area contributed by atoms with Crippen LogP contribution in [0.2, 0.25) is 0 Å². The van der Waals surface area contributed by atoms with Crippen molar-refractivity contribution in [1.82, 2.24) is 19.5 Å². The standard InChI is InChI=1S/C13H18ClN5O/c1-9(6-20)5-10(2)18-12-11-13(16-7-15-12)19(4-3-14)8-17-11/h5,7-8,10,20H,3-4,6H2,1-2H3,(H,15,16,18). The molecule has 2 aromatic heterocycles. The summed E-state index contributed by atoms with van der Waals surface area (Å²) in [5, 5.41) is 12.3. The van der Waals surface area contributed by atoms with Gasteiger partial charge in [0.25, 0.3) is 0 Å². The topological polar surface area (TPSA) is 75.9 Å². The minimum atomic E-state index is 0.0402. The maximum absolute atomic E-state index is 9.03. The Balaban J connectivity index is 2.26. The number of aliphatic hydroxyl groups excluding tert-OH is 1. The predicted molar refractivity (Wildman–Crippen MR) is 80.0 cm³/mol. The van der Waals surface area contributed by atoms with Crippen molar-refractivity contribution in [3.05, 3.63) is 24.3 Å². The molecule has 1 atom stereocenters. The Bertz CT molecular complexity index is 610. The summed E-state index contributed by atoms with van der Waals surface area (Å²) in [5.41, 5.74) is 2.39. The van der Waals surface area contributed by atoms with Crippen LogP contribution in [0.1, 0.15) is 13.8 Å². The number of fused-ring (bicyclic) bond motifs is 1. The molecule has 2 heterocycles. The van der Waals surface area contributed by atoms with Gasteiger partial charge in [0.2, 0.25) is 0 Å². The summed E-state index contributed by atoms with van der Waals surface area (Å²) in [6.45, 7) is 4.58. The number of aromatic nitrogens is 4. The van der Waals surface area contributed by atoms with Crippen LogP contribution in [0.15, 0.2) is 24.3 Å². The van der Waals surface area contributed by atoms with Gasteiger partial charge >= 0.3 is 0 Å². The molecule has 1 unspecified atom stereocenters. The normalized spacial score (nSPS) is 13.7. The molecular weight excluding hydrogens is 278 g/mol. The van der Waals surface area contributed by atoms with Gasteiger partial charge in [-0.3, -0.25) is 0 Å². The van der Waals surface area contributed by atoms with Gasteiger partial charge in [0, 0.05) is 18.5 Å². The Morgan fingerprint density at radius 2 is 2.30 bits per heavy atom. The molecule has 2 rings (SSSR count). The molecule has 0 fully saturated rings. The van der Waals surface area contributed by atoms with Crippen molar-refractivity contribution in [3.8, 4) is 0 Å². The Morgan fingerprint density at radius 1 is 1.50 bits per heavy atom. The lowest BCUT2D eigenvalue weighted by Gasteiger charge is -2.11. The number of rotatable bonds is 6. The first-order valence-corrected chi connectivity index (χ1v) is 6.95. The number of hydrogen-bond donors (Lipinski definition) is 2. The average molecular weight is 296 g/mol. The van der Waals surface area contributed by atoms with Gasteiger partial charge in [-0.25, -0.2) is 15.0 Å². The van der Waals surface area contributed by atoms with E-state index >= 15 is 0 Å². The zero-order valence-electron chi connectivity index (χ0n) is 11.5. The third kappa shape index (κ3) is 3.26. The van der Waals surface area contributed by atoms with Crippen LogP contribution in [0.3, 0.4) is 0 Å². The highest BCUT2D eigenvalue weighted by Gasteiger charge is 2.11. The van der Waals surface area contributed by atoms with E-state index in [1.165, 1.54) is 6.33 Å². The SMILES string of the molecule is CC(=CC(C)Nc1ncnc2c1ncn2CCCl)CO. The number of imidazole rings is 1. The molecule has 2 aromatic rings. The number of nitrogens with zero attached hydrogens (tertiary/aromatic N) is 4. The molecule has 0 radical (unpaired) electrons. The summed E-state index contributed by atoms with van der Waals surface area (Å²) in [6.07, 6.45) is 5.17. The van der Waals surface area contributed by atoms with Crippen LogP contribution in [0.4, 0.5) is 5.82 Å². The fourth-order valence-electron chi connectivity index (χ4n) is 1.98. The average Bonchev–Trinajstić information content (AvgIpc) is 2.83. The van der Waals surface area contributed by atoms with Gasteiger partial charge in [0.1, 0.15) is 11.8 Å². The summed E-state index contributed by atoms with van der Waals surface area (Å²) in [4.78, 5) is 12.8. The van der Waals surface area contributed by atoms with Gasteiger partial charge in [-0.15, -0.1) is 11.6 Å². The zero-order valence-corrected chi connectivity index (χ0v) is 12.3. The van der Waals surface area contributed by atoms with E-state index in [1.54, 1.807) is 6.33 Å². The number of hydrogen-bond acceptors (Lipinski definition) is 5. The van der Waals surface area contributed by atoms with Gasteiger partial charge < -0.3 is 15.0 Å². The summed E-state index contributed by atoms with van der Waals surface area (Å²) in [7, 11) is 0. The maximum atomic E-state index is 9.03. The summed E-state index contributed by atoms with van der Waals surface area (Å²) in [5.74, 6) is 1.19. The van der Waals surface area contributed by atoms with Crippen LogP contribution in [-0.2, 0) is 6.54 Å². The second kappa shape index (κ2) is 6.67. The molecule has 6 nitrogen and oxygen atoms in total. The monoisotopic (exact) mass is 295 g/mol. The smallest absolute Gasteiger partial charge is 0.165 e. The van der Waals surface area contributed by atoms with Gasteiger partial charge in [-0.2, -0.15) is 0 Å². The van der Waals surface area contributed by atoms with Crippen molar-refractivity contribution in [2.45, 2.75) is 26.4 Å². The minimum absolute atomic E-state index is 0.0402. The molecule has 0 saturated heterocycles. The van der Waals surface area contributed by atoms with Crippen molar-refractivity contribution >= 4 is 28.6 Å². The van der Waals surface area contributed by atoms with E-state index in [4.69, 9.17) is 16.7 Å². The van der Waals surface area contributed by atoms with E-state index in [9.17, 15) is 0 Å². The minimum Gasteiger partial charge on any atom is -0.392 e. The largest absolute Gasteiger partial charge is 0.392 e. The predicted octanol–water partition coefficient (Wildman–Crippen LogP) is 1.80. The lowest BCUT2D eigenvalue weighted by molar-refractivity contribution is 0.331. The van der Waals surface area contributed by atoms with Crippen LogP contribution in [0.25, 0.3) is 11.2 Å². The van der Waals surface area contributed by atoms with E-state index in [0.29, 0.717) is 18.2 Å². The summed E-state index contributed by atoms with van der Waals surface area (Å²) < 4.78 is 1.90. The Kier molecular flexibility index (Phi) is 4.92. The van der Waals surface area contributed by atoms with Crippen LogP contribution in [-0.4, -0.2) is 43.2 Å². The molecule has 0 aliphatic carbocycles. The van der Waals surface area contributed by atoms with Crippen molar-refractivity contribution < 1.29 is 5.11 Å². The Hall–Kier alpha value is -1.66. The molecule has 108 valence electrons. The zero-order chi connectivity index (χ0) is 14.5. The van der Waals surface area contributed by atoms with Gasteiger partial charge in [0.05, 0.1) is 12.9 Å². The molecule has 2 N–H and O–H groups in total. The first-order chi connectivity index (χ1) is 9.65. The van der Waals surface area contributed by atoms with Crippen molar-refractivity contribution in [1.29, 1.82) is 0 Å². The number of aliphatic hydroxyl groups is 1. The second-order valence-corrected chi connectivity index (χ2v) is 5.00. The van der Waals surface area contributed by atoms with E-state index in [-0.39, 0.29) is 12.6 Å². The number of halogens is 1. The molecule has 7 heteroatoms. The van der Waals surface area contributed by atoms with Crippen LogP contribution >= 0.6 is 11.6 Å². The van der Waals surface area contributed by atoms with E-state index < -0.39 is 0 Å². The molecule has 0 amide bonds. The molecule has 20 heavy (non-hydrogen) atoms. The van der Waals surface area contributed by atoms with Crippen molar-refractivity contribution in [2.24, 2.45) is 0 Å². The van der Waals surface area contributed by atoms with Crippen LogP contribution in [0.5, 0.6) is 0 Å². The van der Waals surface area contributed by atoms with E-state index in [2.05, 4.69) is 20.3 Å². The third-order valence-electron chi connectivity index (χ3n) is 2.87. The summed E-state index contributed by atoms with van der Waals surface area (Å²) >= 11 is 5.75. The fourth-order valence-corrected chi connectivity index (χ4v) is 2.16. The molecule has 0 saturated carbocycles. The highest BCUT2D eigenvalue weighted by atomic mass is 35.5. The molecule has 0 aliphatic heterocycles. The van der Waals surface area contributed by atoms with Gasteiger partial charge in [-0.05, 0) is 13.8 Å². The molecular formula is C13H18ClN5O. The lowest BCUT2D eigenvalue weighted by atomic mass is 10.2. The number of nitrogens with one attached hydrogen (secondary N) is 1. The molecule has 0 bridgehead atoms. The maximum Gasteiger partial charge on any atom is 0.165 e. The highest BCUT2D eigenvalue weighted by molar-refractivity contribution is 6.17. The van der Waals surface area contributed by atoms with Crippen LogP contribution < -0.4 is 5.32 Å². The molecule has 0 spiro atoms. The molecule has 0 aromatic carbocycles. The number of anilines is 1. The second-order valence-electron chi connectivity index (χ2n) is 4.63. The number of alkyl halides is 1. The van der Waals surface area contributed by atoms with Crippen molar-refractivity contribution in [3.63, 3.8) is 0 Å². The first kappa shape index (κ1) is 14.7. The molecule has 0 aliphatic rings. The van der Waals surface area contributed by atoms with Gasteiger partial charge in [-0.1, -0.05) is 11.6 Å². The fraction of sp³-hybridized carbons (Fsp3) is 0.462. The third-order valence-corrected chi connectivity index (χ3v) is 3.04. The van der Waals surface area contributed by atoms with Gasteiger partial charge in [0.15, 0.2) is 11.5 Å². The highest BCUT2D eigenvalue weighted by Crippen LogP contribution is 2.18. The quantitative estimate of drug-likeness (QED) is 0.628.